The Morgan fingerprint density at radius 2 is 0.913 bits per heavy atom. The van der Waals surface area contributed by atoms with Gasteiger partial charge in [0.25, 0.3) is 0 Å². The maximum atomic E-state index is 12.8. The Labute approximate surface area is 132 Å². The largest absolute Gasteiger partial charge is 0.416 e. The van der Waals surface area contributed by atoms with Crippen LogP contribution in [0.15, 0.2) is 84.9 Å². The molecule has 0 saturated carbocycles. The van der Waals surface area contributed by atoms with E-state index in [4.69, 9.17) is 0 Å². The molecule has 3 aromatic carbocycles. The van der Waals surface area contributed by atoms with Gasteiger partial charge in [0.15, 0.2) is 0 Å². The van der Waals surface area contributed by atoms with Crippen LogP contribution < -0.4 is 4.90 Å². The number of alkyl halides is 3. The lowest BCUT2D eigenvalue weighted by atomic mass is 10.1. The lowest BCUT2D eigenvalue weighted by Gasteiger charge is -2.25. The summed E-state index contributed by atoms with van der Waals surface area (Å²) in [6, 6.07) is 24.3. The number of rotatable bonds is 3. The van der Waals surface area contributed by atoms with Crippen LogP contribution >= 0.6 is 0 Å². The van der Waals surface area contributed by atoms with Crippen molar-refractivity contribution in [3.63, 3.8) is 0 Å². The van der Waals surface area contributed by atoms with E-state index < -0.39 is 11.7 Å². The third kappa shape index (κ3) is 3.37. The van der Waals surface area contributed by atoms with Crippen LogP contribution in [-0.4, -0.2) is 0 Å². The monoisotopic (exact) mass is 313 g/mol. The van der Waals surface area contributed by atoms with E-state index in [-0.39, 0.29) is 0 Å². The van der Waals surface area contributed by atoms with E-state index in [1.807, 2.05) is 65.6 Å². The second-order valence-electron chi connectivity index (χ2n) is 5.05. The number of hydrogen-bond acceptors (Lipinski definition) is 1. The molecule has 0 aliphatic carbocycles. The van der Waals surface area contributed by atoms with Gasteiger partial charge in [-0.25, -0.2) is 0 Å². The van der Waals surface area contributed by atoms with Gasteiger partial charge in [-0.2, -0.15) is 13.2 Å². The van der Waals surface area contributed by atoms with E-state index >= 15 is 0 Å². The van der Waals surface area contributed by atoms with E-state index in [2.05, 4.69) is 0 Å². The Morgan fingerprint density at radius 3 is 1.30 bits per heavy atom. The summed E-state index contributed by atoms with van der Waals surface area (Å²) in [5, 5.41) is 0. The Balaban J connectivity index is 2.06. The molecule has 0 atom stereocenters. The summed E-state index contributed by atoms with van der Waals surface area (Å²) in [4.78, 5) is 1.92. The van der Waals surface area contributed by atoms with Crippen molar-refractivity contribution >= 4 is 17.1 Å². The fourth-order valence-corrected chi connectivity index (χ4v) is 2.40. The van der Waals surface area contributed by atoms with Crippen LogP contribution in [0.25, 0.3) is 0 Å². The Bertz CT molecular complexity index is 711. The van der Waals surface area contributed by atoms with Crippen molar-refractivity contribution in [3.8, 4) is 0 Å². The fourth-order valence-electron chi connectivity index (χ4n) is 2.40. The number of hydrogen-bond donors (Lipinski definition) is 0. The van der Waals surface area contributed by atoms with E-state index in [0.29, 0.717) is 5.69 Å². The summed E-state index contributed by atoms with van der Waals surface area (Å²) in [5.74, 6) is 0. The molecule has 3 rings (SSSR count). The predicted octanol–water partition coefficient (Wildman–Crippen LogP) is 6.18. The highest BCUT2D eigenvalue weighted by molar-refractivity contribution is 5.76. The number of para-hydroxylation sites is 2. The van der Waals surface area contributed by atoms with Crippen LogP contribution in [0.1, 0.15) is 5.56 Å². The molecule has 0 fully saturated rings. The highest BCUT2D eigenvalue weighted by atomic mass is 19.4. The first kappa shape index (κ1) is 15.2. The minimum atomic E-state index is -4.33. The second kappa shape index (κ2) is 6.16. The maximum Gasteiger partial charge on any atom is 0.416 e. The normalized spacial score (nSPS) is 11.3. The molecule has 0 unspecified atom stereocenters. The minimum Gasteiger partial charge on any atom is -0.311 e. The Kier molecular flexibility index (Phi) is 4.06. The molecule has 1 nitrogen and oxygen atoms in total. The standard InChI is InChI=1S/C19H14F3N/c20-19(21,22)15-11-13-18(14-12-15)23(16-7-3-1-4-8-16)17-9-5-2-6-10-17/h1-14H. The molecule has 116 valence electrons. The van der Waals surface area contributed by atoms with E-state index in [9.17, 15) is 13.2 Å². The van der Waals surface area contributed by atoms with Gasteiger partial charge in [0.05, 0.1) is 5.56 Å². The zero-order chi connectivity index (χ0) is 16.3. The van der Waals surface area contributed by atoms with Crippen molar-refractivity contribution in [2.45, 2.75) is 6.18 Å². The first-order chi connectivity index (χ1) is 11.1. The fraction of sp³-hybridized carbons (Fsp3) is 0.0526. The summed E-state index contributed by atoms with van der Waals surface area (Å²) >= 11 is 0. The van der Waals surface area contributed by atoms with Crippen LogP contribution in [-0.2, 0) is 6.18 Å². The number of halogens is 3. The second-order valence-corrected chi connectivity index (χ2v) is 5.05. The average molecular weight is 313 g/mol. The van der Waals surface area contributed by atoms with Crippen molar-refractivity contribution in [1.29, 1.82) is 0 Å². The van der Waals surface area contributed by atoms with Gasteiger partial charge in [0.1, 0.15) is 0 Å². The van der Waals surface area contributed by atoms with Gasteiger partial charge >= 0.3 is 6.18 Å². The Morgan fingerprint density at radius 1 is 0.522 bits per heavy atom. The van der Waals surface area contributed by atoms with Gasteiger partial charge in [-0.05, 0) is 48.5 Å². The van der Waals surface area contributed by atoms with Crippen LogP contribution in [0, 0.1) is 0 Å². The molecule has 0 bridgehead atoms. The summed E-state index contributed by atoms with van der Waals surface area (Å²) in [6.07, 6.45) is -4.33. The van der Waals surface area contributed by atoms with Gasteiger partial charge in [-0.1, -0.05) is 36.4 Å². The minimum absolute atomic E-state index is 0.651. The smallest absolute Gasteiger partial charge is 0.311 e. The van der Waals surface area contributed by atoms with Crippen molar-refractivity contribution in [2.75, 3.05) is 4.90 Å². The first-order valence-corrected chi connectivity index (χ1v) is 7.13. The summed E-state index contributed by atoms with van der Waals surface area (Å²) in [5.41, 5.74) is 1.80. The summed E-state index contributed by atoms with van der Waals surface area (Å²) in [6.45, 7) is 0. The SMILES string of the molecule is FC(F)(F)c1ccc(N(c2ccccc2)c2ccccc2)cc1. The molecular formula is C19H14F3N. The van der Waals surface area contributed by atoms with Crippen LogP contribution in [0.3, 0.4) is 0 Å². The molecule has 0 amide bonds. The van der Waals surface area contributed by atoms with E-state index in [0.717, 1.165) is 23.5 Å². The first-order valence-electron chi connectivity index (χ1n) is 7.13. The molecule has 0 saturated heterocycles. The molecule has 0 N–H and O–H groups in total. The van der Waals surface area contributed by atoms with Gasteiger partial charge in [-0.15, -0.1) is 0 Å². The zero-order valence-corrected chi connectivity index (χ0v) is 12.2. The topological polar surface area (TPSA) is 3.24 Å². The highest BCUT2D eigenvalue weighted by Crippen LogP contribution is 2.36. The summed E-state index contributed by atoms with van der Waals surface area (Å²) < 4.78 is 38.3. The van der Waals surface area contributed by atoms with E-state index in [1.165, 1.54) is 12.1 Å². The molecule has 3 aromatic rings. The van der Waals surface area contributed by atoms with Crippen LogP contribution in [0.5, 0.6) is 0 Å². The third-order valence-corrected chi connectivity index (χ3v) is 3.48. The molecule has 23 heavy (non-hydrogen) atoms. The van der Waals surface area contributed by atoms with Crippen molar-refractivity contribution < 1.29 is 13.2 Å². The lowest BCUT2D eigenvalue weighted by molar-refractivity contribution is -0.137. The Hall–Kier alpha value is -2.75. The van der Waals surface area contributed by atoms with Crippen LogP contribution in [0.2, 0.25) is 0 Å². The third-order valence-electron chi connectivity index (χ3n) is 3.48. The molecule has 0 heterocycles. The predicted molar refractivity (Wildman–Crippen MR) is 86.1 cm³/mol. The molecular weight excluding hydrogens is 299 g/mol. The number of anilines is 3. The molecule has 0 radical (unpaired) electrons. The van der Waals surface area contributed by atoms with Gasteiger partial charge in [0.2, 0.25) is 0 Å². The zero-order valence-electron chi connectivity index (χ0n) is 12.2. The number of nitrogens with zero attached hydrogens (tertiary/aromatic N) is 1. The molecule has 4 heteroatoms. The van der Waals surface area contributed by atoms with Gasteiger partial charge in [0, 0.05) is 17.1 Å². The molecule has 0 aliphatic rings. The van der Waals surface area contributed by atoms with Crippen molar-refractivity contribution in [1.82, 2.24) is 0 Å². The highest BCUT2D eigenvalue weighted by Gasteiger charge is 2.30. The maximum absolute atomic E-state index is 12.8. The lowest BCUT2D eigenvalue weighted by Crippen LogP contribution is -2.10. The van der Waals surface area contributed by atoms with Crippen molar-refractivity contribution in [2.24, 2.45) is 0 Å². The van der Waals surface area contributed by atoms with E-state index in [1.54, 1.807) is 0 Å². The van der Waals surface area contributed by atoms with Gasteiger partial charge < -0.3 is 4.90 Å². The average Bonchev–Trinajstić information content (AvgIpc) is 2.57. The molecule has 0 aliphatic heterocycles. The van der Waals surface area contributed by atoms with Crippen molar-refractivity contribution in [3.05, 3.63) is 90.5 Å². The number of benzene rings is 3. The molecule has 0 spiro atoms. The van der Waals surface area contributed by atoms with Gasteiger partial charge in [-0.3, -0.25) is 0 Å². The quantitative estimate of drug-likeness (QED) is 0.558. The van der Waals surface area contributed by atoms with Crippen LogP contribution in [0.4, 0.5) is 30.2 Å². The molecule has 0 aromatic heterocycles. The summed E-state index contributed by atoms with van der Waals surface area (Å²) in [7, 11) is 0.